The number of rotatable bonds is 3. The van der Waals surface area contributed by atoms with Crippen molar-refractivity contribution < 1.29 is 9.47 Å². The molecule has 4 aliphatic heterocycles. The highest BCUT2D eigenvalue weighted by molar-refractivity contribution is 6.03. The van der Waals surface area contributed by atoms with Gasteiger partial charge < -0.3 is 25.0 Å². The summed E-state index contributed by atoms with van der Waals surface area (Å²) < 4.78 is 11.4. The average Bonchev–Trinajstić information content (AvgIpc) is 3.44. The quantitative estimate of drug-likeness (QED) is 0.642. The van der Waals surface area contributed by atoms with Crippen LogP contribution >= 0.6 is 0 Å². The third-order valence-electron chi connectivity index (χ3n) is 6.78. The molecule has 0 saturated carbocycles. The van der Waals surface area contributed by atoms with Crippen molar-refractivity contribution in [3.8, 4) is 0 Å². The van der Waals surface area contributed by atoms with Gasteiger partial charge in [0.2, 0.25) is 0 Å². The van der Waals surface area contributed by atoms with Gasteiger partial charge in [-0.2, -0.15) is 0 Å². The van der Waals surface area contributed by atoms with Crippen LogP contribution in [0.25, 0.3) is 0 Å². The van der Waals surface area contributed by atoms with Gasteiger partial charge in [0.15, 0.2) is 0 Å². The van der Waals surface area contributed by atoms with Crippen molar-refractivity contribution in [2.75, 3.05) is 45.3 Å². The second-order valence-corrected chi connectivity index (χ2v) is 8.70. The largest absolute Gasteiger partial charge is 0.399 e. The lowest BCUT2D eigenvalue weighted by atomic mass is 9.78. The van der Waals surface area contributed by atoms with Crippen molar-refractivity contribution in [3.63, 3.8) is 0 Å². The van der Waals surface area contributed by atoms with E-state index in [0.717, 1.165) is 68.8 Å². The van der Waals surface area contributed by atoms with E-state index in [4.69, 9.17) is 20.2 Å². The molecule has 5 rings (SSSR count). The smallest absolute Gasteiger partial charge is 0.139 e. The molecule has 1 aromatic carbocycles. The van der Waals surface area contributed by atoms with Crippen LogP contribution in [0.1, 0.15) is 25.8 Å². The number of hydrogen-bond acceptors (Lipinski definition) is 6. The van der Waals surface area contributed by atoms with E-state index < -0.39 is 0 Å². The van der Waals surface area contributed by atoms with Crippen molar-refractivity contribution >= 4 is 11.5 Å². The van der Waals surface area contributed by atoms with E-state index in [1.807, 2.05) is 12.1 Å². The van der Waals surface area contributed by atoms with Gasteiger partial charge in [0, 0.05) is 37.6 Å². The topological polar surface area (TPSA) is 63.1 Å². The fourth-order valence-electron chi connectivity index (χ4n) is 5.15. The lowest BCUT2D eigenvalue weighted by molar-refractivity contribution is 0.00806. The summed E-state index contributed by atoms with van der Waals surface area (Å²) in [5, 5.41) is 0. The number of nitrogens with zero attached hydrogens (tertiary/aromatic N) is 3. The van der Waals surface area contributed by atoms with Gasteiger partial charge in [-0.15, -0.1) is 0 Å². The van der Waals surface area contributed by atoms with Gasteiger partial charge in [0.25, 0.3) is 0 Å². The number of morpholine rings is 1. The van der Waals surface area contributed by atoms with Crippen LogP contribution < -0.4 is 5.73 Å². The molecule has 2 N–H and O–H groups in total. The predicted molar refractivity (Wildman–Crippen MR) is 110 cm³/mol. The van der Waals surface area contributed by atoms with Crippen LogP contribution in [0.5, 0.6) is 0 Å². The lowest BCUT2D eigenvalue weighted by Gasteiger charge is -2.40. The van der Waals surface area contributed by atoms with E-state index in [-0.39, 0.29) is 5.54 Å². The second kappa shape index (κ2) is 6.78. The number of nitrogen functional groups attached to an aromatic ring is 1. The molecular weight excluding hydrogens is 352 g/mol. The Balaban J connectivity index is 1.55. The molecule has 28 heavy (non-hydrogen) atoms. The van der Waals surface area contributed by atoms with E-state index in [9.17, 15) is 0 Å². The van der Waals surface area contributed by atoms with Crippen molar-refractivity contribution in [2.45, 2.75) is 31.8 Å². The summed E-state index contributed by atoms with van der Waals surface area (Å²) in [7, 11) is 0. The molecule has 4 heterocycles. The summed E-state index contributed by atoms with van der Waals surface area (Å²) in [4.78, 5) is 10.0. The zero-order valence-corrected chi connectivity index (χ0v) is 16.8. The number of nitrogens with two attached hydrogens (primary N) is 1. The molecular formula is C22H30N4O2. The standard InChI is InChI=1S/C22H30N4O2/c1-15-12-27-9-7-19(15)22-11-20(25-8-10-28-13-16(25)2)24-21(26(22)14-22)17-3-5-18(23)6-4-17/h3-6,11,15-16,19H,7-10,12-14,23H2,1-2H3. The Morgan fingerprint density at radius 3 is 2.64 bits per heavy atom. The Kier molecular flexibility index (Phi) is 4.36. The molecule has 3 saturated heterocycles. The van der Waals surface area contributed by atoms with Crippen molar-refractivity contribution in [3.05, 3.63) is 41.7 Å². The number of anilines is 1. The van der Waals surface area contributed by atoms with E-state index >= 15 is 0 Å². The van der Waals surface area contributed by atoms with Gasteiger partial charge in [-0.05, 0) is 55.5 Å². The summed E-state index contributed by atoms with van der Waals surface area (Å²) >= 11 is 0. The number of amidine groups is 1. The summed E-state index contributed by atoms with van der Waals surface area (Å²) in [6, 6.07) is 8.46. The number of aliphatic imine (C=N–C) groups is 1. The maximum atomic E-state index is 5.92. The Morgan fingerprint density at radius 2 is 1.89 bits per heavy atom. The van der Waals surface area contributed by atoms with Gasteiger partial charge in [0.1, 0.15) is 11.7 Å². The predicted octanol–water partition coefficient (Wildman–Crippen LogP) is 2.32. The first-order valence-electron chi connectivity index (χ1n) is 10.5. The molecule has 1 aromatic rings. The van der Waals surface area contributed by atoms with Gasteiger partial charge in [-0.3, -0.25) is 0 Å². The Hall–Kier alpha value is -2.05. The average molecular weight is 383 g/mol. The van der Waals surface area contributed by atoms with Gasteiger partial charge >= 0.3 is 0 Å². The summed E-state index contributed by atoms with van der Waals surface area (Å²) in [5.41, 5.74) is 7.91. The normalized spacial score (nSPS) is 35.1. The molecule has 3 fully saturated rings. The first kappa shape index (κ1) is 18.0. The molecule has 0 aromatic heterocycles. The molecule has 6 nitrogen and oxygen atoms in total. The molecule has 0 spiro atoms. The first-order chi connectivity index (χ1) is 13.6. The molecule has 4 aliphatic rings. The highest BCUT2D eigenvalue weighted by Gasteiger charge is 2.60. The highest BCUT2D eigenvalue weighted by atomic mass is 16.5. The van der Waals surface area contributed by atoms with Gasteiger partial charge in [-0.1, -0.05) is 6.92 Å². The van der Waals surface area contributed by atoms with Gasteiger partial charge in [-0.25, -0.2) is 4.99 Å². The van der Waals surface area contributed by atoms with Crippen LogP contribution in [0.2, 0.25) is 0 Å². The summed E-state index contributed by atoms with van der Waals surface area (Å²) in [6.07, 6.45) is 3.55. The van der Waals surface area contributed by atoms with Crippen LogP contribution in [-0.4, -0.2) is 66.7 Å². The van der Waals surface area contributed by atoms with Gasteiger partial charge in [0.05, 0.1) is 24.8 Å². The number of ether oxygens (including phenoxy) is 2. The van der Waals surface area contributed by atoms with E-state index in [1.54, 1.807) is 0 Å². The highest BCUT2D eigenvalue weighted by Crippen LogP contribution is 2.51. The second-order valence-electron chi connectivity index (χ2n) is 8.70. The van der Waals surface area contributed by atoms with Crippen LogP contribution in [0.3, 0.4) is 0 Å². The minimum absolute atomic E-state index is 0.0645. The van der Waals surface area contributed by atoms with Crippen molar-refractivity contribution in [1.29, 1.82) is 0 Å². The third-order valence-corrected chi connectivity index (χ3v) is 6.78. The van der Waals surface area contributed by atoms with E-state index in [0.29, 0.717) is 17.9 Å². The summed E-state index contributed by atoms with van der Waals surface area (Å²) in [6.45, 7) is 9.71. The minimum atomic E-state index is 0.0645. The SMILES string of the molecule is CC1COCCC1C12C=C(N3CCOCC3C)N=C(c3ccc(N)cc3)N1C2. The van der Waals surface area contributed by atoms with Crippen molar-refractivity contribution in [1.82, 2.24) is 9.80 Å². The maximum Gasteiger partial charge on any atom is 0.139 e. The zero-order chi connectivity index (χ0) is 19.3. The van der Waals surface area contributed by atoms with Crippen LogP contribution in [0.15, 0.2) is 41.2 Å². The molecule has 0 radical (unpaired) electrons. The van der Waals surface area contributed by atoms with Crippen molar-refractivity contribution in [2.24, 2.45) is 16.8 Å². The zero-order valence-electron chi connectivity index (χ0n) is 16.8. The van der Waals surface area contributed by atoms with Crippen LogP contribution in [0.4, 0.5) is 5.69 Å². The molecule has 6 heteroatoms. The summed E-state index contributed by atoms with van der Waals surface area (Å²) in [5.74, 6) is 3.32. The third kappa shape index (κ3) is 2.90. The van der Waals surface area contributed by atoms with Crippen LogP contribution in [-0.2, 0) is 9.47 Å². The molecule has 0 aliphatic carbocycles. The molecule has 0 amide bonds. The maximum absolute atomic E-state index is 5.92. The fraction of sp³-hybridized carbons (Fsp3) is 0.591. The minimum Gasteiger partial charge on any atom is -0.399 e. The van der Waals surface area contributed by atoms with E-state index in [2.05, 4.69) is 41.9 Å². The molecule has 150 valence electrons. The lowest BCUT2D eigenvalue weighted by Crippen LogP contribution is -2.46. The monoisotopic (exact) mass is 382 g/mol. The molecule has 4 unspecified atom stereocenters. The van der Waals surface area contributed by atoms with E-state index in [1.165, 1.54) is 0 Å². The Labute approximate surface area is 167 Å². The number of benzene rings is 1. The number of hydrogen-bond donors (Lipinski definition) is 1. The van der Waals surface area contributed by atoms with Crippen LogP contribution in [0, 0.1) is 11.8 Å². The number of fused-ring (bicyclic) bond motifs is 1. The Bertz CT molecular complexity index is 805. The molecule has 4 atom stereocenters. The fourth-order valence-corrected chi connectivity index (χ4v) is 5.15. The molecule has 0 bridgehead atoms. The first-order valence-corrected chi connectivity index (χ1v) is 10.5. The Morgan fingerprint density at radius 1 is 1.11 bits per heavy atom.